The van der Waals surface area contributed by atoms with Crippen LogP contribution in [0.25, 0.3) is 0 Å². The highest BCUT2D eigenvalue weighted by Crippen LogP contribution is 2.15. The summed E-state index contributed by atoms with van der Waals surface area (Å²) in [5, 5.41) is 8.16. The molecule has 1 aromatic rings. The molecule has 86 valence electrons. The lowest BCUT2D eigenvalue weighted by molar-refractivity contribution is 0.147. The first-order valence-electron chi connectivity index (χ1n) is 5.09. The van der Waals surface area contributed by atoms with E-state index in [-0.39, 0.29) is 0 Å². The number of rotatable bonds is 8. The Morgan fingerprint density at radius 1 is 1.40 bits per heavy atom. The second kappa shape index (κ2) is 7.67. The van der Waals surface area contributed by atoms with Crippen LogP contribution in [0.3, 0.4) is 0 Å². The SMILES string of the molecule is CCCCOCCSc1nnc(CN)o1. The van der Waals surface area contributed by atoms with E-state index in [4.69, 9.17) is 14.9 Å². The third-order valence-electron chi connectivity index (χ3n) is 1.72. The van der Waals surface area contributed by atoms with Crippen LogP contribution in [0.5, 0.6) is 0 Å². The summed E-state index contributed by atoms with van der Waals surface area (Å²) in [6.45, 7) is 3.98. The minimum absolute atomic E-state index is 0.292. The fraction of sp³-hybridized carbons (Fsp3) is 0.778. The number of thioether (sulfide) groups is 1. The molecule has 0 saturated carbocycles. The molecule has 0 saturated heterocycles. The Morgan fingerprint density at radius 2 is 2.27 bits per heavy atom. The Balaban J connectivity index is 2.04. The fourth-order valence-corrected chi connectivity index (χ4v) is 1.54. The second-order valence-corrected chi connectivity index (χ2v) is 4.03. The molecule has 0 aliphatic carbocycles. The smallest absolute Gasteiger partial charge is 0.276 e. The average molecular weight is 231 g/mol. The molecular formula is C9H17N3O2S. The zero-order valence-electron chi connectivity index (χ0n) is 8.94. The predicted molar refractivity (Wildman–Crippen MR) is 58.6 cm³/mol. The number of hydrogen-bond donors (Lipinski definition) is 1. The maximum absolute atomic E-state index is 5.39. The highest BCUT2D eigenvalue weighted by molar-refractivity contribution is 7.99. The van der Waals surface area contributed by atoms with E-state index in [1.54, 1.807) is 0 Å². The van der Waals surface area contributed by atoms with Crippen LogP contribution in [0, 0.1) is 0 Å². The quantitative estimate of drug-likeness (QED) is 0.539. The average Bonchev–Trinajstić information content (AvgIpc) is 2.71. The lowest BCUT2D eigenvalue weighted by Crippen LogP contribution is -1.98. The molecule has 0 spiro atoms. The highest BCUT2D eigenvalue weighted by Gasteiger charge is 2.03. The number of nitrogens with zero attached hydrogens (tertiary/aromatic N) is 2. The molecule has 0 amide bonds. The molecule has 0 atom stereocenters. The van der Waals surface area contributed by atoms with Crippen molar-refractivity contribution in [1.29, 1.82) is 0 Å². The molecule has 0 radical (unpaired) electrons. The van der Waals surface area contributed by atoms with E-state index in [2.05, 4.69) is 17.1 Å². The van der Waals surface area contributed by atoms with Gasteiger partial charge in [0.15, 0.2) is 0 Å². The molecule has 6 heteroatoms. The van der Waals surface area contributed by atoms with Crippen molar-refractivity contribution in [3.05, 3.63) is 5.89 Å². The standard InChI is InChI=1S/C9H17N3O2S/c1-2-3-4-13-5-6-15-9-12-11-8(7-10)14-9/h2-7,10H2,1H3. The summed E-state index contributed by atoms with van der Waals surface area (Å²) in [7, 11) is 0. The van der Waals surface area contributed by atoms with Gasteiger partial charge in [0.25, 0.3) is 5.22 Å². The molecular weight excluding hydrogens is 214 g/mol. The van der Waals surface area contributed by atoms with Crippen LogP contribution in [-0.4, -0.2) is 29.2 Å². The van der Waals surface area contributed by atoms with E-state index >= 15 is 0 Å². The molecule has 1 aromatic heterocycles. The monoisotopic (exact) mass is 231 g/mol. The van der Waals surface area contributed by atoms with Crippen molar-refractivity contribution < 1.29 is 9.15 Å². The Bertz CT molecular complexity index is 268. The van der Waals surface area contributed by atoms with E-state index in [1.807, 2.05) is 0 Å². The molecule has 0 bridgehead atoms. The van der Waals surface area contributed by atoms with E-state index in [0.29, 0.717) is 24.3 Å². The largest absolute Gasteiger partial charge is 0.415 e. The number of ether oxygens (including phenoxy) is 1. The Kier molecular flexibility index (Phi) is 6.38. The molecule has 15 heavy (non-hydrogen) atoms. The molecule has 0 aliphatic rings. The predicted octanol–water partition coefficient (Wildman–Crippen LogP) is 1.44. The van der Waals surface area contributed by atoms with Crippen molar-refractivity contribution in [2.24, 2.45) is 5.73 Å². The second-order valence-electron chi connectivity index (χ2n) is 2.98. The third kappa shape index (κ3) is 5.15. The molecule has 1 heterocycles. The normalized spacial score (nSPS) is 10.8. The van der Waals surface area contributed by atoms with Gasteiger partial charge in [-0.25, -0.2) is 0 Å². The van der Waals surface area contributed by atoms with Crippen LogP contribution in [0.15, 0.2) is 9.64 Å². The van der Waals surface area contributed by atoms with Crippen LogP contribution < -0.4 is 5.73 Å². The number of unbranched alkanes of at least 4 members (excludes halogenated alkanes) is 1. The van der Waals surface area contributed by atoms with Crippen molar-refractivity contribution in [1.82, 2.24) is 10.2 Å². The van der Waals surface area contributed by atoms with Gasteiger partial charge in [-0.2, -0.15) is 0 Å². The number of nitrogens with two attached hydrogens (primary N) is 1. The maximum Gasteiger partial charge on any atom is 0.276 e. The van der Waals surface area contributed by atoms with Crippen molar-refractivity contribution in [2.75, 3.05) is 19.0 Å². The first-order valence-corrected chi connectivity index (χ1v) is 6.08. The summed E-state index contributed by atoms with van der Waals surface area (Å²) >= 11 is 1.49. The third-order valence-corrected chi connectivity index (χ3v) is 2.50. The zero-order chi connectivity index (χ0) is 10.9. The van der Waals surface area contributed by atoms with Crippen LogP contribution in [0.1, 0.15) is 25.7 Å². The lowest BCUT2D eigenvalue weighted by Gasteiger charge is -2.00. The minimum Gasteiger partial charge on any atom is -0.415 e. The van der Waals surface area contributed by atoms with Crippen molar-refractivity contribution >= 4 is 11.8 Å². The van der Waals surface area contributed by atoms with Gasteiger partial charge in [0.1, 0.15) is 0 Å². The van der Waals surface area contributed by atoms with Crippen molar-refractivity contribution in [3.8, 4) is 0 Å². The first kappa shape index (κ1) is 12.5. The first-order chi connectivity index (χ1) is 7.36. The summed E-state index contributed by atoms with van der Waals surface area (Å²) in [5.74, 6) is 1.31. The molecule has 2 N–H and O–H groups in total. The van der Waals surface area contributed by atoms with E-state index < -0.39 is 0 Å². The molecule has 0 unspecified atom stereocenters. The van der Waals surface area contributed by atoms with E-state index in [1.165, 1.54) is 11.8 Å². The van der Waals surface area contributed by atoms with Crippen LogP contribution >= 0.6 is 11.8 Å². The topological polar surface area (TPSA) is 74.2 Å². The van der Waals surface area contributed by atoms with Crippen LogP contribution in [-0.2, 0) is 11.3 Å². The Morgan fingerprint density at radius 3 is 2.93 bits per heavy atom. The molecule has 5 nitrogen and oxygen atoms in total. The Hall–Kier alpha value is -0.590. The highest BCUT2D eigenvalue weighted by atomic mass is 32.2. The summed E-state index contributed by atoms with van der Waals surface area (Å²) < 4.78 is 10.6. The van der Waals surface area contributed by atoms with Crippen LogP contribution in [0.4, 0.5) is 0 Å². The van der Waals surface area contributed by atoms with Gasteiger partial charge in [-0.3, -0.25) is 0 Å². The summed E-state index contributed by atoms with van der Waals surface area (Å²) in [6.07, 6.45) is 2.28. The zero-order valence-corrected chi connectivity index (χ0v) is 9.76. The fourth-order valence-electron chi connectivity index (χ4n) is 0.915. The van der Waals surface area contributed by atoms with Gasteiger partial charge < -0.3 is 14.9 Å². The van der Waals surface area contributed by atoms with Gasteiger partial charge in [0.05, 0.1) is 13.2 Å². The lowest BCUT2D eigenvalue weighted by atomic mass is 10.4. The molecule has 0 aliphatic heterocycles. The van der Waals surface area contributed by atoms with E-state index in [0.717, 1.165) is 25.2 Å². The minimum atomic E-state index is 0.292. The van der Waals surface area contributed by atoms with Gasteiger partial charge in [-0.1, -0.05) is 25.1 Å². The summed E-state index contributed by atoms with van der Waals surface area (Å²) in [4.78, 5) is 0. The van der Waals surface area contributed by atoms with Crippen molar-refractivity contribution in [2.45, 2.75) is 31.5 Å². The van der Waals surface area contributed by atoms with Gasteiger partial charge >= 0.3 is 0 Å². The number of aromatic nitrogens is 2. The summed E-state index contributed by atoms with van der Waals surface area (Å²) in [5.41, 5.74) is 5.34. The molecule has 1 rings (SSSR count). The maximum atomic E-state index is 5.39. The van der Waals surface area contributed by atoms with Crippen molar-refractivity contribution in [3.63, 3.8) is 0 Å². The molecule has 0 aromatic carbocycles. The van der Waals surface area contributed by atoms with Gasteiger partial charge in [0.2, 0.25) is 5.89 Å². The van der Waals surface area contributed by atoms with Crippen LogP contribution in [0.2, 0.25) is 0 Å². The Labute approximate surface area is 93.8 Å². The number of hydrogen-bond acceptors (Lipinski definition) is 6. The van der Waals surface area contributed by atoms with E-state index in [9.17, 15) is 0 Å². The summed E-state index contributed by atoms with van der Waals surface area (Å²) in [6, 6.07) is 0. The van der Waals surface area contributed by atoms with Gasteiger partial charge in [0, 0.05) is 12.4 Å². The van der Waals surface area contributed by atoms with Gasteiger partial charge in [-0.05, 0) is 6.42 Å². The van der Waals surface area contributed by atoms with Gasteiger partial charge in [-0.15, -0.1) is 10.2 Å². The molecule has 0 fully saturated rings.